The molecule has 0 radical (unpaired) electrons. The summed E-state index contributed by atoms with van der Waals surface area (Å²) in [5.41, 5.74) is 1.37. The van der Waals surface area contributed by atoms with Crippen LogP contribution in [0.1, 0.15) is 30.1 Å². The van der Waals surface area contributed by atoms with Crippen molar-refractivity contribution in [1.29, 1.82) is 0 Å². The van der Waals surface area contributed by atoms with E-state index in [1.54, 1.807) is 54.6 Å². The molecular formula is C25H26N2O6S. The normalized spacial score (nSPS) is 10.9. The molecule has 3 aromatic carbocycles. The van der Waals surface area contributed by atoms with Crippen molar-refractivity contribution in [2.75, 3.05) is 23.3 Å². The predicted molar refractivity (Wildman–Crippen MR) is 129 cm³/mol. The van der Waals surface area contributed by atoms with Crippen LogP contribution in [-0.4, -0.2) is 33.5 Å². The second kappa shape index (κ2) is 11.9. The van der Waals surface area contributed by atoms with Crippen LogP contribution < -0.4 is 14.8 Å². The number of hydrogen-bond donors (Lipinski definition) is 2. The number of sulfonamides is 1. The number of carbonyl (C=O) groups excluding carboxylic acids is 2. The highest BCUT2D eigenvalue weighted by Gasteiger charge is 2.14. The van der Waals surface area contributed by atoms with Crippen molar-refractivity contribution >= 4 is 33.3 Å². The highest BCUT2D eigenvalue weighted by Crippen LogP contribution is 2.19. The summed E-state index contributed by atoms with van der Waals surface area (Å²) in [5.74, 6) is -0.459. The summed E-state index contributed by atoms with van der Waals surface area (Å²) in [7, 11) is -3.74. The first-order valence-corrected chi connectivity index (χ1v) is 12.2. The lowest BCUT2D eigenvalue weighted by Crippen LogP contribution is -2.20. The molecule has 9 heteroatoms. The number of unbranched alkanes of at least 4 members (excludes halogenated alkanes) is 1. The molecule has 3 aromatic rings. The summed E-state index contributed by atoms with van der Waals surface area (Å²) < 4.78 is 38.0. The molecule has 0 aliphatic heterocycles. The van der Waals surface area contributed by atoms with Crippen molar-refractivity contribution in [3.05, 3.63) is 84.4 Å². The molecule has 0 saturated heterocycles. The summed E-state index contributed by atoms with van der Waals surface area (Å²) in [6.07, 6.45) is 1.75. The average molecular weight is 483 g/mol. The predicted octanol–water partition coefficient (Wildman–Crippen LogP) is 4.46. The second-order valence-corrected chi connectivity index (χ2v) is 9.03. The summed E-state index contributed by atoms with van der Waals surface area (Å²) in [6.45, 7) is 2.12. The lowest BCUT2D eigenvalue weighted by Gasteiger charge is -2.10. The molecule has 0 aliphatic carbocycles. The molecule has 0 bridgehead atoms. The van der Waals surface area contributed by atoms with E-state index in [2.05, 4.69) is 10.0 Å². The van der Waals surface area contributed by atoms with Crippen LogP contribution in [0.2, 0.25) is 0 Å². The molecule has 0 aromatic heterocycles. The van der Waals surface area contributed by atoms with Gasteiger partial charge in [-0.25, -0.2) is 13.2 Å². The first-order valence-electron chi connectivity index (χ1n) is 10.7. The van der Waals surface area contributed by atoms with Gasteiger partial charge < -0.3 is 14.8 Å². The van der Waals surface area contributed by atoms with E-state index >= 15 is 0 Å². The van der Waals surface area contributed by atoms with Crippen LogP contribution in [0.5, 0.6) is 5.75 Å². The third kappa shape index (κ3) is 7.35. The number of rotatable bonds is 11. The van der Waals surface area contributed by atoms with E-state index in [4.69, 9.17) is 9.47 Å². The number of para-hydroxylation sites is 1. The fourth-order valence-corrected chi connectivity index (χ4v) is 3.92. The molecule has 0 spiro atoms. The van der Waals surface area contributed by atoms with Crippen molar-refractivity contribution in [2.45, 2.75) is 24.7 Å². The van der Waals surface area contributed by atoms with E-state index in [9.17, 15) is 18.0 Å². The second-order valence-electron chi connectivity index (χ2n) is 7.35. The molecule has 0 fully saturated rings. The van der Waals surface area contributed by atoms with Crippen molar-refractivity contribution < 1.29 is 27.5 Å². The minimum absolute atomic E-state index is 0.0708. The van der Waals surface area contributed by atoms with Gasteiger partial charge in [0.1, 0.15) is 5.75 Å². The molecule has 8 nitrogen and oxygen atoms in total. The number of esters is 1. The number of benzene rings is 3. The molecule has 0 saturated carbocycles. The van der Waals surface area contributed by atoms with Crippen LogP contribution in [0, 0.1) is 0 Å². The van der Waals surface area contributed by atoms with Gasteiger partial charge in [-0.15, -0.1) is 0 Å². The molecule has 0 atom stereocenters. The van der Waals surface area contributed by atoms with Crippen molar-refractivity contribution in [2.24, 2.45) is 0 Å². The molecule has 0 aliphatic rings. The summed E-state index contributed by atoms with van der Waals surface area (Å²) in [4.78, 5) is 24.2. The van der Waals surface area contributed by atoms with Crippen LogP contribution >= 0.6 is 0 Å². The molecule has 1 amide bonds. The minimum Gasteiger partial charge on any atom is -0.484 e. The quantitative estimate of drug-likeness (QED) is 0.308. The zero-order valence-corrected chi connectivity index (χ0v) is 19.5. The van der Waals surface area contributed by atoms with Crippen molar-refractivity contribution in [1.82, 2.24) is 0 Å². The number of ether oxygens (including phenoxy) is 2. The van der Waals surface area contributed by atoms with Crippen LogP contribution in [-0.2, 0) is 19.6 Å². The topological polar surface area (TPSA) is 111 Å². The van der Waals surface area contributed by atoms with Crippen LogP contribution in [0.4, 0.5) is 11.4 Å². The van der Waals surface area contributed by atoms with Gasteiger partial charge >= 0.3 is 5.97 Å². The fraction of sp³-hybridized carbons (Fsp3) is 0.200. The lowest BCUT2D eigenvalue weighted by molar-refractivity contribution is -0.118. The van der Waals surface area contributed by atoms with E-state index in [0.717, 1.165) is 12.8 Å². The third-order valence-electron chi connectivity index (χ3n) is 4.67. The van der Waals surface area contributed by atoms with Crippen LogP contribution in [0.15, 0.2) is 83.8 Å². The van der Waals surface area contributed by atoms with E-state index in [0.29, 0.717) is 29.3 Å². The lowest BCUT2D eigenvalue weighted by atomic mass is 10.2. The maximum atomic E-state index is 12.5. The van der Waals surface area contributed by atoms with Gasteiger partial charge in [0.05, 0.1) is 17.1 Å². The largest absolute Gasteiger partial charge is 0.484 e. The fourth-order valence-electron chi connectivity index (χ4n) is 2.86. The molecule has 0 heterocycles. The number of carbonyl (C=O) groups is 2. The molecular weight excluding hydrogens is 456 g/mol. The Balaban J connectivity index is 1.49. The van der Waals surface area contributed by atoms with Gasteiger partial charge in [0.25, 0.3) is 15.9 Å². The van der Waals surface area contributed by atoms with Crippen LogP contribution in [0.25, 0.3) is 0 Å². The SMILES string of the molecule is CCCCOC(=O)c1ccc(NC(=O)COc2ccc(S(=O)(=O)Nc3ccccc3)cc2)cc1. The smallest absolute Gasteiger partial charge is 0.338 e. The first kappa shape index (κ1) is 24.8. The Hall–Kier alpha value is -3.85. The highest BCUT2D eigenvalue weighted by molar-refractivity contribution is 7.92. The maximum absolute atomic E-state index is 12.5. The zero-order chi connectivity index (χ0) is 24.4. The molecule has 2 N–H and O–H groups in total. The third-order valence-corrected chi connectivity index (χ3v) is 6.06. The Labute approximate surface area is 199 Å². The zero-order valence-electron chi connectivity index (χ0n) is 18.7. The summed E-state index contributed by atoms with van der Waals surface area (Å²) >= 11 is 0. The van der Waals surface area contributed by atoms with Gasteiger partial charge in [-0.1, -0.05) is 31.5 Å². The Kier molecular flexibility index (Phi) is 8.64. The van der Waals surface area contributed by atoms with E-state index < -0.39 is 21.9 Å². The van der Waals surface area contributed by atoms with Gasteiger partial charge in [0.2, 0.25) is 0 Å². The first-order chi connectivity index (χ1) is 16.4. The maximum Gasteiger partial charge on any atom is 0.338 e. The van der Waals surface area contributed by atoms with E-state index in [1.807, 2.05) is 6.92 Å². The Morgan fingerprint density at radius 1 is 0.853 bits per heavy atom. The highest BCUT2D eigenvalue weighted by atomic mass is 32.2. The van der Waals surface area contributed by atoms with E-state index in [1.165, 1.54) is 24.3 Å². The average Bonchev–Trinajstić information content (AvgIpc) is 2.84. The van der Waals surface area contributed by atoms with Gasteiger partial charge in [0, 0.05) is 11.4 Å². The molecule has 178 valence electrons. The Morgan fingerprint density at radius 2 is 1.53 bits per heavy atom. The number of nitrogens with one attached hydrogen (secondary N) is 2. The van der Waals surface area contributed by atoms with Gasteiger partial charge in [-0.3, -0.25) is 9.52 Å². The van der Waals surface area contributed by atoms with Crippen LogP contribution in [0.3, 0.4) is 0 Å². The monoisotopic (exact) mass is 482 g/mol. The van der Waals surface area contributed by atoms with Gasteiger partial charge in [-0.05, 0) is 67.1 Å². The van der Waals surface area contributed by atoms with Gasteiger partial charge in [-0.2, -0.15) is 0 Å². The number of anilines is 2. The Bertz CT molecular complexity index is 1190. The van der Waals surface area contributed by atoms with Gasteiger partial charge in [0.15, 0.2) is 6.61 Å². The standard InChI is InChI=1S/C25H26N2O6S/c1-2-3-17-32-25(29)19-9-11-20(12-10-19)26-24(28)18-33-22-13-15-23(16-14-22)34(30,31)27-21-7-5-4-6-8-21/h4-16,27H,2-3,17-18H2,1H3,(H,26,28). The number of hydrogen-bond acceptors (Lipinski definition) is 6. The number of amides is 1. The molecule has 34 heavy (non-hydrogen) atoms. The van der Waals surface area contributed by atoms with E-state index in [-0.39, 0.29) is 11.5 Å². The molecule has 0 unspecified atom stereocenters. The summed E-state index contributed by atoms with van der Waals surface area (Å²) in [6, 6.07) is 20.7. The Morgan fingerprint density at radius 3 is 2.18 bits per heavy atom. The van der Waals surface area contributed by atoms with Crippen molar-refractivity contribution in [3.8, 4) is 5.75 Å². The minimum atomic E-state index is -3.74. The molecule has 3 rings (SSSR count). The van der Waals surface area contributed by atoms with Crippen molar-refractivity contribution in [3.63, 3.8) is 0 Å². The summed E-state index contributed by atoms with van der Waals surface area (Å²) in [5, 5.41) is 2.67.